The summed E-state index contributed by atoms with van der Waals surface area (Å²) in [5.41, 5.74) is 4.51. The van der Waals surface area contributed by atoms with Gasteiger partial charge in [0.1, 0.15) is 5.82 Å². The van der Waals surface area contributed by atoms with Crippen molar-refractivity contribution in [2.24, 2.45) is 5.92 Å². The Bertz CT molecular complexity index is 1230. The molecule has 0 aliphatic carbocycles. The average Bonchev–Trinajstić information content (AvgIpc) is 2.75. The fourth-order valence-electron chi connectivity index (χ4n) is 3.54. The SMILES string of the molecule is Cc1cnc(-c2cc(N3CCc4nc(NC(=O)C(C)C)ncc4C3=O)ncc2Cl)c(C)c1. The number of hydrogen-bond acceptors (Lipinski definition) is 6. The summed E-state index contributed by atoms with van der Waals surface area (Å²) >= 11 is 6.42. The number of nitrogens with zero attached hydrogens (tertiary/aromatic N) is 5. The lowest BCUT2D eigenvalue weighted by atomic mass is 10.0. The van der Waals surface area contributed by atoms with Gasteiger partial charge in [-0.3, -0.25) is 24.8 Å². The molecule has 32 heavy (non-hydrogen) atoms. The molecule has 0 radical (unpaired) electrons. The maximum Gasteiger partial charge on any atom is 0.262 e. The molecule has 3 aromatic heterocycles. The van der Waals surface area contributed by atoms with E-state index in [1.165, 1.54) is 12.4 Å². The van der Waals surface area contributed by atoms with E-state index in [1.807, 2.05) is 19.9 Å². The number of anilines is 2. The van der Waals surface area contributed by atoms with Crippen LogP contribution in [-0.4, -0.2) is 38.3 Å². The molecule has 0 fully saturated rings. The monoisotopic (exact) mass is 450 g/mol. The van der Waals surface area contributed by atoms with Crippen molar-refractivity contribution >= 4 is 35.2 Å². The minimum atomic E-state index is -0.248. The van der Waals surface area contributed by atoms with Crippen molar-refractivity contribution < 1.29 is 9.59 Å². The van der Waals surface area contributed by atoms with Crippen molar-refractivity contribution in [3.05, 3.63) is 58.1 Å². The molecule has 1 aliphatic rings. The molecule has 8 nitrogen and oxygen atoms in total. The van der Waals surface area contributed by atoms with Crippen molar-refractivity contribution in [2.75, 3.05) is 16.8 Å². The fraction of sp³-hybridized carbons (Fsp3) is 0.304. The number of amides is 2. The first kappa shape index (κ1) is 21.8. The van der Waals surface area contributed by atoms with Crippen LogP contribution in [-0.2, 0) is 11.2 Å². The Labute approximate surface area is 191 Å². The summed E-state index contributed by atoms with van der Waals surface area (Å²) in [6.07, 6.45) is 5.29. The largest absolute Gasteiger partial charge is 0.294 e. The van der Waals surface area contributed by atoms with E-state index in [9.17, 15) is 9.59 Å². The Balaban J connectivity index is 1.64. The van der Waals surface area contributed by atoms with Crippen LogP contribution in [0, 0.1) is 19.8 Å². The highest BCUT2D eigenvalue weighted by molar-refractivity contribution is 6.33. The number of aryl methyl sites for hydroxylation is 2. The topological polar surface area (TPSA) is 101 Å². The first-order valence-electron chi connectivity index (χ1n) is 10.3. The van der Waals surface area contributed by atoms with Crippen LogP contribution in [0.15, 0.2) is 30.7 Å². The molecule has 3 aromatic rings. The predicted octanol–water partition coefficient (Wildman–Crippen LogP) is 4.00. The second kappa shape index (κ2) is 8.63. The van der Waals surface area contributed by atoms with Gasteiger partial charge < -0.3 is 0 Å². The number of fused-ring (bicyclic) bond motifs is 1. The van der Waals surface area contributed by atoms with Crippen LogP contribution >= 0.6 is 11.6 Å². The first-order valence-corrected chi connectivity index (χ1v) is 10.7. The minimum Gasteiger partial charge on any atom is -0.294 e. The molecule has 0 saturated heterocycles. The van der Waals surface area contributed by atoms with E-state index in [2.05, 4.69) is 25.3 Å². The zero-order valence-electron chi connectivity index (χ0n) is 18.3. The van der Waals surface area contributed by atoms with Gasteiger partial charge in [-0.2, -0.15) is 0 Å². The minimum absolute atomic E-state index is 0.174. The lowest BCUT2D eigenvalue weighted by Crippen LogP contribution is -2.39. The maximum absolute atomic E-state index is 13.2. The summed E-state index contributed by atoms with van der Waals surface area (Å²) in [6.45, 7) is 7.93. The maximum atomic E-state index is 13.2. The molecule has 0 bridgehead atoms. The van der Waals surface area contributed by atoms with Crippen molar-refractivity contribution in [1.29, 1.82) is 0 Å². The van der Waals surface area contributed by atoms with Crippen LogP contribution in [0.5, 0.6) is 0 Å². The number of carbonyl (C=O) groups is 2. The van der Waals surface area contributed by atoms with Crippen LogP contribution in [0.1, 0.15) is 41.0 Å². The van der Waals surface area contributed by atoms with Gasteiger partial charge in [-0.05, 0) is 31.0 Å². The zero-order valence-corrected chi connectivity index (χ0v) is 19.1. The van der Waals surface area contributed by atoms with E-state index in [4.69, 9.17) is 11.6 Å². The zero-order chi connectivity index (χ0) is 23.0. The van der Waals surface area contributed by atoms with Crippen LogP contribution in [0.4, 0.5) is 11.8 Å². The highest BCUT2D eigenvalue weighted by Gasteiger charge is 2.29. The number of halogens is 1. The Morgan fingerprint density at radius 3 is 2.59 bits per heavy atom. The third kappa shape index (κ3) is 4.18. The van der Waals surface area contributed by atoms with Crippen LogP contribution < -0.4 is 10.2 Å². The van der Waals surface area contributed by atoms with Gasteiger partial charge in [0.25, 0.3) is 5.91 Å². The molecule has 1 N–H and O–H groups in total. The van der Waals surface area contributed by atoms with Gasteiger partial charge in [0.05, 0.1) is 22.0 Å². The van der Waals surface area contributed by atoms with Crippen molar-refractivity contribution in [3.63, 3.8) is 0 Å². The summed E-state index contributed by atoms with van der Waals surface area (Å²) in [5, 5.41) is 3.14. The van der Waals surface area contributed by atoms with E-state index >= 15 is 0 Å². The molecule has 1 aliphatic heterocycles. The smallest absolute Gasteiger partial charge is 0.262 e. The van der Waals surface area contributed by atoms with Gasteiger partial charge in [0, 0.05) is 43.0 Å². The number of carbonyl (C=O) groups excluding carboxylic acids is 2. The molecule has 4 rings (SSSR count). The third-order valence-corrected chi connectivity index (χ3v) is 5.56. The molecular weight excluding hydrogens is 428 g/mol. The van der Waals surface area contributed by atoms with Gasteiger partial charge >= 0.3 is 0 Å². The molecule has 2 amide bonds. The van der Waals surface area contributed by atoms with Gasteiger partial charge in [-0.1, -0.05) is 31.5 Å². The normalized spacial score (nSPS) is 13.3. The van der Waals surface area contributed by atoms with E-state index in [0.717, 1.165) is 22.4 Å². The second-order valence-corrected chi connectivity index (χ2v) is 8.51. The highest BCUT2D eigenvalue weighted by atomic mass is 35.5. The Morgan fingerprint density at radius 1 is 1.09 bits per heavy atom. The van der Waals surface area contributed by atoms with Gasteiger partial charge in [-0.15, -0.1) is 0 Å². The highest BCUT2D eigenvalue weighted by Crippen LogP contribution is 2.32. The van der Waals surface area contributed by atoms with E-state index < -0.39 is 0 Å². The standard InChI is InChI=1S/C23H23ClN6O2/c1-12(2)21(31)29-23-27-10-16-18(28-23)5-6-30(22(16)32)19-8-15(17(24)11-25-19)20-14(4)7-13(3)9-26-20/h7-12H,5-6H2,1-4H3,(H,27,28,29,31). The molecule has 9 heteroatoms. The number of nitrogens with one attached hydrogen (secondary N) is 1. The average molecular weight is 451 g/mol. The molecule has 0 spiro atoms. The fourth-order valence-corrected chi connectivity index (χ4v) is 3.73. The summed E-state index contributed by atoms with van der Waals surface area (Å²) in [5.74, 6) is 0.0769. The quantitative estimate of drug-likeness (QED) is 0.644. The van der Waals surface area contributed by atoms with Crippen LogP contribution in [0.2, 0.25) is 5.02 Å². The second-order valence-electron chi connectivity index (χ2n) is 8.11. The van der Waals surface area contributed by atoms with Crippen molar-refractivity contribution in [2.45, 2.75) is 34.1 Å². The number of rotatable bonds is 4. The molecule has 4 heterocycles. The molecule has 0 saturated carbocycles. The van der Waals surface area contributed by atoms with E-state index in [-0.39, 0.29) is 23.7 Å². The Morgan fingerprint density at radius 2 is 1.88 bits per heavy atom. The third-order valence-electron chi connectivity index (χ3n) is 5.26. The number of aromatic nitrogens is 4. The van der Waals surface area contributed by atoms with E-state index in [0.29, 0.717) is 35.1 Å². The molecule has 164 valence electrons. The molecular formula is C23H23ClN6O2. The van der Waals surface area contributed by atoms with E-state index in [1.54, 1.807) is 31.0 Å². The van der Waals surface area contributed by atoms with Crippen LogP contribution in [0.3, 0.4) is 0 Å². The summed E-state index contributed by atoms with van der Waals surface area (Å²) in [7, 11) is 0. The van der Waals surface area contributed by atoms with Gasteiger partial charge in [0.2, 0.25) is 11.9 Å². The first-order chi connectivity index (χ1) is 15.2. The summed E-state index contributed by atoms with van der Waals surface area (Å²) in [6, 6.07) is 3.82. The predicted molar refractivity (Wildman–Crippen MR) is 123 cm³/mol. The van der Waals surface area contributed by atoms with Crippen molar-refractivity contribution in [3.8, 4) is 11.3 Å². The lowest BCUT2D eigenvalue weighted by molar-refractivity contribution is -0.118. The number of hydrogen-bond donors (Lipinski definition) is 1. The summed E-state index contributed by atoms with van der Waals surface area (Å²) < 4.78 is 0. The van der Waals surface area contributed by atoms with Crippen LogP contribution in [0.25, 0.3) is 11.3 Å². The van der Waals surface area contributed by atoms with Crippen molar-refractivity contribution in [1.82, 2.24) is 19.9 Å². The lowest BCUT2D eigenvalue weighted by Gasteiger charge is -2.27. The molecule has 0 atom stereocenters. The van der Waals surface area contributed by atoms with Gasteiger partial charge in [-0.25, -0.2) is 15.0 Å². The Hall–Kier alpha value is -3.39. The van der Waals surface area contributed by atoms with Gasteiger partial charge in [0.15, 0.2) is 0 Å². The molecule has 0 aromatic carbocycles. The number of pyridine rings is 2. The molecule has 0 unspecified atom stereocenters. The Kier molecular flexibility index (Phi) is 5.88. The summed E-state index contributed by atoms with van der Waals surface area (Å²) in [4.78, 5) is 44.1.